The van der Waals surface area contributed by atoms with Gasteiger partial charge in [-0.05, 0) is 36.6 Å². The van der Waals surface area contributed by atoms with Gasteiger partial charge in [0.25, 0.3) is 5.91 Å². The molecule has 0 radical (unpaired) electrons. The number of aromatic nitrogens is 2. The summed E-state index contributed by atoms with van der Waals surface area (Å²) >= 11 is 3.34. The first-order chi connectivity index (χ1) is 11.0. The molecule has 1 aromatic heterocycles. The van der Waals surface area contributed by atoms with Crippen molar-refractivity contribution in [2.45, 2.75) is 31.2 Å². The van der Waals surface area contributed by atoms with Crippen LogP contribution in [0.15, 0.2) is 34.8 Å². The zero-order valence-corrected chi connectivity index (χ0v) is 13.8. The largest absolute Gasteiger partial charge is 0.481 e. The van der Waals surface area contributed by atoms with Crippen LogP contribution >= 0.6 is 15.9 Å². The van der Waals surface area contributed by atoms with Gasteiger partial charge in [-0.2, -0.15) is 5.10 Å². The van der Waals surface area contributed by atoms with Crippen molar-refractivity contribution >= 4 is 27.8 Å². The quantitative estimate of drug-likeness (QED) is 0.720. The summed E-state index contributed by atoms with van der Waals surface area (Å²) in [6, 6.07) is 8.35. The maximum atomic E-state index is 12.3. The van der Waals surface area contributed by atoms with Gasteiger partial charge in [0, 0.05) is 16.1 Å². The monoisotopic (exact) mass is 377 g/mol. The minimum Gasteiger partial charge on any atom is -0.481 e. The fourth-order valence-electron chi connectivity index (χ4n) is 2.41. The van der Waals surface area contributed by atoms with Crippen LogP contribution in [0.1, 0.15) is 53.0 Å². The van der Waals surface area contributed by atoms with E-state index in [1.165, 1.54) is 0 Å². The van der Waals surface area contributed by atoms with E-state index in [0.29, 0.717) is 11.6 Å². The number of benzene rings is 1. The fraction of sp³-hybridized carbons (Fsp3) is 0.312. The maximum Gasteiger partial charge on any atom is 0.305 e. The third-order valence-electron chi connectivity index (χ3n) is 3.80. The molecule has 2 aromatic rings. The summed E-state index contributed by atoms with van der Waals surface area (Å²) < 4.78 is 0.892. The molecule has 23 heavy (non-hydrogen) atoms. The molecule has 0 saturated heterocycles. The SMILES string of the molecule is O=C(O)CC(NC(=O)c1cc(C2CC2)[nH]n1)c1ccc(Br)cc1. The van der Waals surface area contributed by atoms with Gasteiger partial charge >= 0.3 is 5.97 Å². The van der Waals surface area contributed by atoms with Gasteiger partial charge in [-0.3, -0.25) is 14.7 Å². The number of hydrogen-bond acceptors (Lipinski definition) is 3. The Labute approximate surface area is 141 Å². The van der Waals surface area contributed by atoms with Crippen molar-refractivity contribution in [2.75, 3.05) is 0 Å². The molecule has 6 nitrogen and oxygen atoms in total. The van der Waals surface area contributed by atoms with Crippen LogP contribution in [-0.2, 0) is 4.79 Å². The minimum absolute atomic E-state index is 0.187. The first-order valence-electron chi connectivity index (χ1n) is 7.36. The average molecular weight is 378 g/mol. The molecule has 120 valence electrons. The van der Waals surface area contributed by atoms with Crippen LogP contribution in [-0.4, -0.2) is 27.2 Å². The second-order valence-corrected chi connectivity index (χ2v) is 6.57. The molecular weight excluding hydrogens is 362 g/mol. The van der Waals surface area contributed by atoms with Crippen molar-refractivity contribution in [1.82, 2.24) is 15.5 Å². The van der Waals surface area contributed by atoms with Crippen LogP contribution in [0, 0.1) is 0 Å². The Hall–Kier alpha value is -2.15. The number of halogens is 1. The predicted octanol–water partition coefficient (Wildman–Crippen LogP) is 3.00. The summed E-state index contributed by atoms with van der Waals surface area (Å²) in [6.07, 6.45) is 2.04. The van der Waals surface area contributed by atoms with E-state index in [-0.39, 0.29) is 12.3 Å². The van der Waals surface area contributed by atoms with Crippen molar-refractivity contribution in [3.63, 3.8) is 0 Å². The Morgan fingerprint density at radius 2 is 2.04 bits per heavy atom. The van der Waals surface area contributed by atoms with E-state index in [4.69, 9.17) is 5.11 Å². The van der Waals surface area contributed by atoms with Crippen molar-refractivity contribution in [3.05, 3.63) is 51.8 Å². The van der Waals surface area contributed by atoms with Crippen LogP contribution in [0.2, 0.25) is 0 Å². The molecule has 1 unspecified atom stereocenters. The van der Waals surface area contributed by atoms with E-state index >= 15 is 0 Å². The van der Waals surface area contributed by atoms with Crippen LogP contribution in [0.4, 0.5) is 0 Å². The number of nitrogens with one attached hydrogen (secondary N) is 2. The smallest absolute Gasteiger partial charge is 0.305 e. The number of nitrogens with zero attached hydrogens (tertiary/aromatic N) is 1. The number of hydrogen-bond donors (Lipinski definition) is 3. The number of amides is 1. The Morgan fingerprint density at radius 3 is 2.65 bits per heavy atom. The summed E-state index contributed by atoms with van der Waals surface area (Å²) in [5, 5.41) is 18.7. The second-order valence-electron chi connectivity index (χ2n) is 5.66. The minimum atomic E-state index is -0.973. The van der Waals surface area contributed by atoms with E-state index in [2.05, 4.69) is 31.4 Å². The van der Waals surface area contributed by atoms with Crippen LogP contribution in [0.3, 0.4) is 0 Å². The molecular formula is C16H16BrN3O3. The van der Waals surface area contributed by atoms with E-state index < -0.39 is 12.0 Å². The highest BCUT2D eigenvalue weighted by molar-refractivity contribution is 9.10. The van der Waals surface area contributed by atoms with Gasteiger partial charge in [-0.1, -0.05) is 28.1 Å². The highest BCUT2D eigenvalue weighted by Crippen LogP contribution is 2.39. The molecule has 0 spiro atoms. The number of carbonyl (C=O) groups excluding carboxylic acids is 1. The second kappa shape index (κ2) is 6.54. The van der Waals surface area contributed by atoms with Gasteiger partial charge < -0.3 is 10.4 Å². The van der Waals surface area contributed by atoms with Crippen molar-refractivity contribution < 1.29 is 14.7 Å². The Balaban J connectivity index is 1.74. The van der Waals surface area contributed by atoms with Crippen molar-refractivity contribution in [3.8, 4) is 0 Å². The summed E-state index contributed by atoms with van der Waals surface area (Å²) in [6.45, 7) is 0. The van der Waals surface area contributed by atoms with Gasteiger partial charge in [0.1, 0.15) is 5.69 Å². The lowest BCUT2D eigenvalue weighted by Crippen LogP contribution is -2.30. The molecule has 1 atom stereocenters. The molecule has 7 heteroatoms. The third kappa shape index (κ3) is 3.98. The Kier molecular flexibility index (Phi) is 4.47. The summed E-state index contributed by atoms with van der Waals surface area (Å²) in [5.41, 5.74) is 2.00. The first-order valence-corrected chi connectivity index (χ1v) is 8.15. The number of carboxylic acids is 1. The van der Waals surface area contributed by atoms with E-state index in [1.54, 1.807) is 18.2 Å². The third-order valence-corrected chi connectivity index (χ3v) is 4.33. The highest BCUT2D eigenvalue weighted by atomic mass is 79.9. The summed E-state index contributed by atoms with van der Waals surface area (Å²) in [7, 11) is 0. The van der Waals surface area contributed by atoms with Gasteiger partial charge in [0.05, 0.1) is 12.5 Å². The van der Waals surface area contributed by atoms with Crippen LogP contribution < -0.4 is 5.32 Å². The van der Waals surface area contributed by atoms with Gasteiger partial charge in [-0.25, -0.2) is 0 Å². The molecule has 1 aromatic carbocycles. The molecule has 1 aliphatic rings. The predicted molar refractivity (Wildman–Crippen MR) is 87.2 cm³/mol. The number of aliphatic carboxylic acids is 1. The van der Waals surface area contributed by atoms with Crippen molar-refractivity contribution in [1.29, 1.82) is 0 Å². The van der Waals surface area contributed by atoms with Crippen LogP contribution in [0.5, 0.6) is 0 Å². The van der Waals surface area contributed by atoms with E-state index in [9.17, 15) is 9.59 Å². The molecule has 0 bridgehead atoms. The Morgan fingerprint density at radius 1 is 1.35 bits per heavy atom. The number of carbonyl (C=O) groups is 2. The average Bonchev–Trinajstić information content (AvgIpc) is 3.24. The summed E-state index contributed by atoms with van der Waals surface area (Å²) in [5.74, 6) is -0.869. The maximum absolute atomic E-state index is 12.3. The van der Waals surface area contributed by atoms with Gasteiger partial charge in [-0.15, -0.1) is 0 Å². The van der Waals surface area contributed by atoms with Crippen LogP contribution in [0.25, 0.3) is 0 Å². The summed E-state index contributed by atoms with van der Waals surface area (Å²) in [4.78, 5) is 23.4. The zero-order chi connectivity index (χ0) is 16.4. The molecule has 1 aliphatic carbocycles. The molecule has 3 rings (SSSR count). The molecule has 3 N–H and O–H groups in total. The molecule has 1 fully saturated rings. The fourth-order valence-corrected chi connectivity index (χ4v) is 2.67. The van der Waals surface area contributed by atoms with Crippen molar-refractivity contribution in [2.24, 2.45) is 0 Å². The van der Waals surface area contributed by atoms with E-state index in [0.717, 1.165) is 28.6 Å². The topological polar surface area (TPSA) is 95.1 Å². The highest BCUT2D eigenvalue weighted by Gasteiger charge is 2.27. The zero-order valence-electron chi connectivity index (χ0n) is 12.3. The lowest BCUT2D eigenvalue weighted by atomic mass is 10.0. The Bertz CT molecular complexity index is 722. The molecule has 1 heterocycles. The number of H-pyrrole nitrogens is 1. The lowest BCUT2D eigenvalue weighted by Gasteiger charge is -2.16. The molecule has 1 saturated carbocycles. The standard InChI is InChI=1S/C16H16BrN3O3/c17-11-5-3-9(4-6-11)12(8-15(21)22)18-16(23)14-7-13(19-20-14)10-1-2-10/h3-7,10,12H,1-2,8H2,(H,18,23)(H,19,20)(H,21,22). The molecule has 0 aliphatic heterocycles. The number of rotatable bonds is 6. The number of aromatic amines is 1. The van der Waals surface area contributed by atoms with Gasteiger partial charge in [0.15, 0.2) is 0 Å². The molecule has 1 amide bonds. The number of carboxylic acid groups (broad SMARTS) is 1. The normalized spacial score (nSPS) is 15.2. The first kappa shape index (κ1) is 15.7. The van der Waals surface area contributed by atoms with E-state index in [1.807, 2.05) is 12.1 Å². The lowest BCUT2D eigenvalue weighted by molar-refractivity contribution is -0.137. The van der Waals surface area contributed by atoms with Gasteiger partial charge in [0.2, 0.25) is 0 Å².